The Kier molecular flexibility index (Phi) is 9.76. The Balaban J connectivity index is 1.43. The van der Waals surface area contributed by atoms with Gasteiger partial charge in [-0.3, -0.25) is 9.69 Å². The second-order valence-corrected chi connectivity index (χ2v) is 13.1. The van der Waals surface area contributed by atoms with Gasteiger partial charge in [-0.05, 0) is 81.5 Å². The summed E-state index contributed by atoms with van der Waals surface area (Å²) in [6.45, 7) is 8.60. The highest BCUT2D eigenvalue weighted by atomic mass is 19.4. The van der Waals surface area contributed by atoms with Gasteiger partial charge in [-0.15, -0.1) is 0 Å². The van der Waals surface area contributed by atoms with E-state index in [2.05, 4.69) is 29.0 Å². The zero-order chi connectivity index (χ0) is 32.3. The van der Waals surface area contributed by atoms with Gasteiger partial charge in [0.1, 0.15) is 0 Å². The van der Waals surface area contributed by atoms with Gasteiger partial charge in [-0.25, -0.2) is 4.98 Å². The number of carbonyl (C=O) groups is 1. The molecule has 2 saturated heterocycles. The number of halogens is 3. The molecule has 6 rings (SSSR count). The van der Waals surface area contributed by atoms with Gasteiger partial charge < -0.3 is 10.2 Å². The lowest BCUT2D eigenvalue weighted by Gasteiger charge is -2.40. The van der Waals surface area contributed by atoms with Gasteiger partial charge >= 0.3 is 6.18 Å². The smallest absolute Gasteiger partial charge is 0.345 e. The molecule has 0 saturated carbocycles. The van der Waals surface area contributed by atoms with Crippen LogP contribution >= 0.6 is 0 Å². The predicted octanol–water partition coefficient (Wildman–Crippen LogP) is 8.50. The monoisotopic (exact) mass is 628 g/mol. The zero-order valence-electron chi connectivity index (χ0n) is 26.7. The van der Waals surface area contributed by atoms with Crippen molar-refractivity contribution in [2.75, 3.05) is 26.2 Å². The van der Waals surface area contributed by atoms with E-state index in [1.807, 2.05) is 54.6 Å². The number of hydrogen-bond acceptors (Lipinski definition) is 4. The molecular formula is C38H43F3N4O. The number of rotatable bonds is 8. The summed E-state index contributed by atoms with van der Waals surface area (Å²) in [6.07, 6.45) is 1.37. The summed E-state index contributed by atoms with van der Waals surface area (Å²) in [5, 5.41) is 4.01. The molecule has 242 valence electrons. The molecule has 1 atom stereocenters. The van der Waals surface area contributed by atoms with E-state index >= 15 is 0 Å². The number of pyridine rings is 1. The van der Waals surface area contributed by atoms with Gasteiger partial charge in [0.05, 0.1) is 28.4 Å². The Hall–Kier alpha value is -3.75. The summed E-state index contributed by atoms with van der Waals surface area (Å²) in [7, 11) is 0. The maximum Gasteiger partial charge on any atom is 0.416 e. The van der Waals surface area contributed by atoms with E-state index in [-0.39, 0.29) is 17.9 Å². The lowest BCUT2D eigenvalue weighted by atomic mass is 9.92. The first kappa shape index (κ1) is 32.2. The molecule has 3 heterocycles. The predicted molar refractivity (Wildman–Crippen MR) is 177 cm³/mol. The van der Waals surface area contributed by atoms with Crippen LogP contribution in [0.4, 0.5) is 13.2 Å². The van der Waals surface area contributed by atoms with Crippen LogP contribution in [-0.2, 0) is 12.7 Å². The molecule has 5 nitrogen and oxygen atoms in total. The third-order valence-electron chi connectivity index (χ3n) is 9.64. The number of aromatic nitrogens is 1. The van der Waals surface area contributed by atoms with E-state index in [0.717, 1.165) is 56.7 Å². The minimum atomic E-state index is -4.50. The minimum absolute atomic E-state index is 0.111. The first-order valence-electron chi connectivity index (χ1n) is 16.6. The molecule has 1 aromatic heterocycles. The highest BCUT2D eigenvalue weighted by molar-refractivity contribution is 6.09. The summed E-state index contributed by atoms with van der Waals surface area (Å²) >= 11 is 0. The highest BCUT2D eigenvalue weighted by Crippen LogP contribution is 2.36. The molecule has 1 N–H and O–H groups in total. The van der Waals surface area contributed by atoms with Crippen LogP contribution in [0.25, 0.3) is 22.2 Å². The summed E-state index contributed by atoms with van der Waals surface area (Å²) in [5.41, 5.74) is 2.78. The third-order valence-corrected chi connectivity index (χ3v) is 9.64. The fourth-order valence-electron chi connectivity index (χ4n) is 7.20. The Morgan fingerprint density at radius 3 is 2.28 bits per heavy atom. The van der Waals surface area contributed by atoms with E-state index in [1.165, 1.54) is 25.3 Å². The maximum atomic E-state index is 14.5. The first-order valence-corrected chi connectivity index (χ1v) is 16.6. The van der Waals surface area contributed by atoms with Gasteiger partial charge in [-0.1, -0.05) is 80.9 Å². The Morgan fingerprint density at radius 1 is 0.891 bits per heavy atom. The van der Waals surface area contributed by atoms with E-state index in [4.69, 9.17) is 4.98 Å². The SMILES string of the molecule is CC(C)[C@H](NC(=O)c1c(CN2CCC(N3CCCCC3)CC2)c(-c2cccc(C(F)(F)F)c2)nc2ccccc12)c1ccccc1. The number of benzene rings is 3. The summed E-state index contributed by atoms with van der Waals surface area (Å²) in [4.78, 5) is 24.5. The van der Waals surface area contributed by atoms with Crippen molar-refractivity contribution < 1.29 is 18.0 Å². The lowest BCUT2D eigenvalue weighted by molar-refractivity contribution is -0.137. The van der Waals surface area contributed by atoms with Crippen LogP contribution in [0.5, 0.6) is 0 Å². The van der Waals surface area contributed by atoms with Crippen LogP contribution in [0.1, 0.15) is 79.0 Å². The van der Waals surface area contributed by atoms with E-state index < -0.39 is 11.7 Å². The summed E-state index contributed by atoms with van der Waals surface area (Å²) < 4.78 is 41.7. The standard InChI is InChI=1S/C38H43F3N4O/c1-26(2)35(27-12-5-3-6-13-27)43-37(46)34-31-16-7-8-17-33(31)42-36(28-14-11-15-29(24-28)38(39,40)41)32(34)25-44-22-18-30(19-23-44)45-20-9-4-10-21-45/h3,5-8,11-17,24,26,30,35H,4,9-10,18-23,25H2,1-2H3,(H,43,46)/t35-/m0/s1. The van der Waals surface area contributed by atoms with Crippen LogP contribution in [0.2, 0.25) is 0 Å². The van der Waals surface area contributed by atoms with Crippen molar-refractivity contribution in [3.8, 4) is 11.3 Å². The number of piperidine rings is 2. The van der Waals surface area contributed by atoms with Crippen LogP contribution in [0.3, 0.4) is 0 Å². The fourth-order valence-corrected chi connectivity index (χ4v) is 7.20. The van der Waals surface area contributed by atoms with Crippen molar-refractivity contribution in [2.24, 2.45) is 5.92 Å². The van der Waals surface area contributed by atoms with E-state index in [9.17, 15) is 18.0 Å². The molecule has 2 aliphatic heterocycles. The first-order chi connectivity index (χ1) is 22.2. The van der Waals surface area contributed by atoms with E-state index in [0.29, 0.717) is 45.9 Å². The van der Waals surface area contributed by atoms with Gasteiger partial charge in [0.2, 0.25) is 0 Å². The minimum Gasteiger partial charge on any atom is -0.345 e. The summed E-state index contributed by atoms with van der Waals surface area (Å²) in [6, 6.07) is 23.0. The molecule has 3 aromatic carbocycles. The van der Waals surface area contributed by atoms with E-state index in [1.54, 1.807) is 6.07 Å². The molecule has 0 unspecified atom stereocenters. The number of nitrogens with zero attached hydrogens (tertiary/aromatic N) is 3. The van der Waals surface area contributed by atoms with Crippen LogP contribution < -0.4 is 5.32 Å². The molecule has 0 aliphatic carbocycles. The number of nitrogens with one attached hydrogen (secondary N) is 1. The van der Waals surface area contributed by atoms with Gasteiger partial charge in [0, 0.05) is 29.1 Å². The Bertz CT molecular complexity index is 1640. The number of alkyl halides is 3. The van der Waals surface area contributed by atoms with Crippen LogP contribution in [-0.4, -0.2) is 52.9 Å². The van der Waals surface area contributed by atoms with Gasteiger partial charge in [-0.2, -0.15) is 13.2 Å². The zero-order valence-corrected chi connectivity index (χ0v) is 26.7. The highest BCUT2D eigenvalue weighted by Gasteiger charge is 2.33. The number of carbonyl (C=O) groups excluding carboxylic acids is 1. The number of likely N-dealkylation sites (tertiary alicyclic amines) is 2. The fraction of sp³-hybridized carbons (Fsp3) is 0.421. The average molecular weight is 629 g/mol. The molecule has 2 fully saturated rings. The largest absolute Gasteiger partial charge is 0.416 e. The van der Waals surface area contributed by atoms with Crippen molar-refractivity contribution in [3.63, 3.8) is 0 Å². The second kappa shape index (κ2) is 13.9. The van der Waals surface area contributed by atoms with Gasteiger partial charge in [0.25, 0.3) is 5.91 Å². The molecule has 0 radical (unpaired) electrons. The number of hydrogen-bond donors (Lipinski definition) is 1. The van der Waals surface area contributed by atoms with Crippen LogP contribution in [0.15, 0.2) is 78.9 Å². The van der Waals surface area contributed by atoms with Crippen LogP contribution in [0, 0.1) is 5.92 Å². The maximum absolute atomic E-state index is 14.5. The molecule has 0 spiro atoms. The number of para-hydroxylation sites is 1. The van der Waals surface area contributed by atoms with Crippen molar-refractivity contribution in [1.82, 2.24) is 20.1 Å². The molecule has 46 heavy (non-hydrogen) atoms. The molecule has 0 bridgehead atoms. The van der Waals surface area contributed by atoms with Crippen molar-refractivity contribution >= 4 is 16.8 Å². The molecule has 8 heteroatoms. The summed E-state index contributed by atoms with van der Waals surface area (Å²) in [5.74, 6) is -0.132. The second-order valence-electron chi connectivity index (χ2n) is 13.1. The molecule has 4 aromatic rings. The normalized spacial score (nSPS) is 17.8. The average Bonchev–Trinajstić information content (AvgIpc) is 3.07. The molecular weight excluding hydrogens is 585 g/mol. The van der Waals surface area contributed by atoms with Crippen molar-refractivity contribution in [3.05, 3.63) is 101 Å². The lowest BCUT2D eigenvalue weighted by Crippen LogP contribution is -2.46. The molecule has 2 aliphatic rings. The third kappa shape index (κ3) is 7.13. The quantitative estimate of drug-likeness (QED) is 0.213. The van der Waals surface area contributed by atoms with Crippen molar-refractivity contribution in [1.29, 1.82) is 0 Å². The molecule has 1 amide bonds. The topological polar surface area (TPSA) is 48.5 Å². The Labute approximate surface area is 269 Å². The number of amides is 1. The van der Waals surface area contributed by atoms with Crippen molar-refractivity contribution in [2.45, 2.75) is 70.8 Å². The number of fused-ring (bicyclic) bond motifs is 1. The Morgan fingerprint density at radius 2 is 1.59 bits per heavy atom. The van der Waals surface area contributed by atoms with Gasteiger partial charge in [0.15, 0.2) is 0 Å².